The normalized spacial score (nSPS) is 13.5. The average Bonchev–Trinajstić information content (AvgIpc) is 2.89. The first-order valence-corrected chi connectivity index (χ1v) is 12.1. The van der Waals surface area contributed by atoms with Crippen LogP contribution in [0, 0.1) is 0 Å². The zero-order valence-corrected chi connectivity index (χ0v) is 22.5. The van der Waals surface area contributed by atoms with Gasteiger partial charge in [0, 0.05) is 16.7 Å². The lowest BCUT2D eigenvalue weighted by molar-refractivity contribution is 0.408. The number of ether oxygens (including phenoxy) is 3. The van der Waals surface area contributed by atoms with Gasteiger partial charge < -0.3 is 14.2 Å². The number of para-hydroxylation sites is 3. The van der Waals surface area contributed by atoms with E-state index in [2.05, 4.69) is 30.7 Å². The van der Waals surface area contributed by atoms with Crippen LogP contribution in [0.5, 0.6) is 17.2 Å². The van der Waals surface area contributed by atoms with E-state index in [1.165, 1.54) is 0 Å². The first kappa shape index (κ1) is 25.7. The smallest absolute Gasteiger partial charge is 0.267 e. The molecule has 0 aromatic heterocycles. The number of azo groups is 3. The van der Waals surface area contributed by atoms with Gasteiger partial charge in [-0.1, -0.05) is 54.6 Å². The quantitative estimate of drug-likeness (QED) is 0.265. The van der Waals surface area contributed by atoms with Crippen LogP contribution in [0.4, 0.5) is 0 Å². The predicted octanol–water partition coefficient (Wildman–Crippen LogP) is 4.95. The van der Waals surface area contributed by atoms with Crippen molar-refractivity contribution >= 4 is 10.2 Å². The maximum atomic E-state index is 5.40. The summed E-state index contributed by atoms with van der Waals surface area (Å²) in [4.78, 5) is 0. The van der Waals surface area contributed by atoms with Crippen molar-refractivity contribution in [3.63, 3.8) is 0 Å². The van der Waals surface area contributed by atoms with Crippen molar-refractivity contribution in [2.45, 2.75) is 25.0 Å². The summed E-state index contributed by atoms with van der Waals surface area (Å²) in [5.41, 5.74) is 1.56. The molecule has 10 heteroatoms. The third-order valence-corrected chi connectivity index (χ3v) is 5.68. The van der Waals surface area contributed by atoms with Crippen LogP contribution < -0.4 is 14.2 Å². The van der Waals surface area contributed by atoms with Crippen LogP contribution in [-0.4, -0.2) is 37.0 Å². The van der Waals surface area contributed by atoms with E-state index >= 15 is 0 Å². The van der Waals surface area contributed by atoms with Crippen LogP contribution >= 0.6 is 0 Å². The summed E-state index contributed by atoms with van der Waals surface area (Å²) in [7, 11) is 5.31. The molecule has 0 aliphatic rings. The van der Waals surface area contributed by atoms with Crippen molar-refractivity contribution in [2.75, 3.05) is 21.3 Å². The number of benzene rings is 3. The number of hydrogen-bond acceptors (Lipinski definition) is 9. The van der Waals surface area contributed by atoms with Crippen LogP contribution in [0.25, 0.3) is 0 Å². The molecule has 0 aliphatic heterocycles. The topological polar surface area (TPSA) is 102 Å². The molecule has 9 nitrogen and oxygen atoms in total. The molecule has 3 aromatic carbocycles. The molecule has 0 N–H and O–H groups in total. The van der Waals surface area contributed by atoms with Gasteiger partial charge in [0.25, 0.3) is 5.41 Å². The lowest BCUT2D eigenvalue weighted by Gasteiger charge is -2.12. The Hall–Kier alpha value is -3.92. The fraction of sp³-hybridized carbons (Fsp3) is 0.280. The Labute approximate surface area is 208 Å². The fourth-order valence-corrected chi connectivity index (χ4v) is 3.72. The molecular weight excluding hydrogens is 460 g/mol. The summed E-state index contributed by atoms with van der Waals surface area (Å²) in [6.45, 7) is 0.994. The zero-order chi connectivity index (χ0) is 24.9. The minimum absolute atomic E-state index is 0.331. The van der Waals surface area contributed by atoms with Crippen molar-refractivity contribution in [3.05, 3.63) is 89.5 Å². The number of hydrogen-bond donors (Lipinski definition) is 0. The highest BCUT2D eigenvalue weighted by atomic mass is 28.1. The highest BCUT2D eigenvalue weighted by molar-refractivity contribution is 6.14. The van der Waals surface area contributed by atoms with Crippen molar-refractivity contribution in [1.29, 1.82) is 0 Å². The standard InChI is InChI=1S/C25H30N6O3Si/c1-32-22-13-7-4-10-19(22)16-26-29-25(35,30-27-17-20-11-5-8-14-23(20)33-2)31-28-18-21-12-6-9-15-24(21)34-3/h4-15H,16-18H2,1-3,35H3. The minimum atomic E-state index is -1.19. The molecule has 0 fully saturated rings. The fourth-order valence-electron chi connectivity index (χ4n) is 3.30. The number of methoxy groups -OCH3 is 3. The van der Waals surface area contributed by atoms with Crippen molar-refractivity contribution in [1.82, 2.24) is 0 Å². The Kier molecular flexibility index (Phi) is 9.61. The molecule has 0 saturated carbocycles. The summed E-state index contributed by atoms with van der Waals surface area (Å²) in [6.07, 6.45) is 0. The molecule has 0 bridgehead atoms. The minimum Gasteiger partial charge on any atom is -0.496 e. The molecule has 182 valence electrons. The van der Waals surface area contributed by atoms with Gasteiger partial charge in [0.05, 0.1) is 41.0 Å². The Morgan fingerprint density at radius 1 is 0.543 bits per heavy atom. The van der Waals surface area contributed by atoms with E-state index in [-0.39, 0.29) is 0 Å². The van der Waals surface area contributed by atoms with Crippen molar-refractivity contribution in [3.8, 4) is 17.2 Å². The van der Waals surface area contributed by atoms with Gasteiger partial charge in [0.2, 0.25) is 0 Å². The monoisotopic (exact) mass is 490 g/mol. The molecule has 0 aliphatic carbocycles. The largest absolute Gasteiger partial charge is 0.496 e. The zero-order valence-electron chi connectivity index (χ0n) is 20.5. The van der Waals surface area contributed by atoms with E-state index in [0.29, 0.717) is 29.9 Å². The SMILES string of the molecule is COc1ccccc1CN=NC([SiH3])(N=NCc1ccccc1OC)N=NCc1ccccc1OC. The summed E-state index contributed by atoms with van der Waals surface area (Å²) in [6, 6.07) is 23.0. The molecule has 0 spiro atoms. The van der Waals surface area contributed by atoms with E-state index < -0.39 is 5.41 Å². The molecule has 3 aromatic rings. The van der Waals surface area contributed by atoms with E-state index in [0.717, 1.165) is 33.9 Å². The summed E-state index contributed by atoms with van der Waals surface area (Å²) in [5.74, 6) is 2.25. The van der Waals surface area contributed by atoms with Crippen molar-refractivity contribution < 1.29 is 14.2 Å². The van der Waals surface area contributed by atoms with Gasteiger partial charge in [-0.2, -0.15) is 15.3 Å². The van der Waals surface area contributed by atoms with Crippen LogP contribution in [0.15, 0.2) is 103 Å². The molecule has 0 unspecified atom stereocenters. The Balaban J connectivity index is 1.80. The van der Waals surface area contributed by atoms with Gasteiger partial charge in [-0.25, -0.2) is 0 Å². The maximum absolute atomic E-state index is 5.40. The van der Waals surface area contributed by atoms with E-state index in [4.69, 9.17) is 14.2 Å². The lowest BCUT2D eigenvalue weighted by Crippen LogP contribution is -2.19. The second-order valence-electron chi connectivity index (χ2n) is 7.60. The third-order valence-electron chi connectivity index (χ3n) is 5.08. The van der Waals surface area contributed by atoms with Crippen LogP contribution in [0.1, 0.15) is 16.7 Å². The molecular formula is C25H30N6O3Si. The Morgan fingerprint density at radius 2 is 0.829 bits per heavy atom. The van der Waals surface area contributed by atoms with Gasteiger partial charge in [-0.05, 0) is 18.2 Å². The van der Waals surface area contributed by atoms with E-state index in [9.17, 15) is 0 Å². The molecule has 0 atom stereocenters. The van der Waals surface area contributed by atoms with Gasteiger partial charge in [-0.15, -0.1) is 15.3 Å². The van der Waals surface area contributed by atoms with Gasteiger partial charge in [0.1, 0.15) is 27.5 Å². The average molecular weight is 491 g/mol. The second kappa shape index (κ2) is 13.1. The summed E-state index contributed by atoms with van der Waals surface area (Å²) < 4.78 is 16.2. The molecule has 0 heterocycles. The van der Waals surface area contributed by atoms with Gasteiger partial charge >= 0.3 is 0 Å². The summed E-state index contributed by atoms with van der Waals surface area (Å²) >= 11 is 0. The van der Waals surface area contributed by atoms with Gasteiger partial charge in [0.15, 0.2) is 0 Å². The Morgan fingerprint density at radius 3 is 1.11 bits per heavy atom. The number of rotatable bonds is 12. The third kappa shape index (κ3) is 7.54. The molecule has 0 amide bonds. The first-order chi connectivity index (χ1) is 17.1. The molecule has 0 radical (unpaired) electrons. The number of nitrogens with zero attached hydrogens (tertiary/aromatic N) is 6. The lowest BCUT2D eigenvalue weighted by atomic mass is 10.2. The summed E-state index contributed by atoms with van der Waals surface area (Å²) in [5, 5.41) is 26.4. The van der Waals surface area contributed by atoms with E-state index in [1.54, 1.807) is 21.3 Å². The van der Waals surface area contributed by atoms with Gasteiger partial charge in [-0.3, -0.25) is 0 Å². The molecule has 3 rings (SSSR count). The van der Waals surface area contributed by atoms with Crippen LogP contribution in [0.3, 0.4) is 0 Å². The Bertz CT molecular complexity index is 1040. The first-order valence-electron chi connectivity index (χ1n) is 11.1. The highest BCUT2D eigenvalue weighted by Gasteiger charge is 2.22. The van der Waals surface area contributed by atoms with E-state index in [1.807, 2.05) is 72.8 Å². The van der Waals surface area contributed by atoms with Crippen molar-refractivity contribution in [2.24, 2.45) is 30.7 Å². The molecule has 0 saturated heterocycles. The van der Waals surface area contributed by atoms with Crippen LogP contribution in [0.2, 0.25) is 0 Å². The molecule has 35 heavy (non-hydrogen) atoms. The second-order valence-corrected chi connectivity index (χ2v) is 8.95. The predicted molar refractivity (Wildman–Crippen MR) is 137 cm³/mol. The maximum Gasteiger partial charge on any atom is 0.267 e. The van der Waals surface area contributed by atoms with Crippen LogP contribution in [-0.2, 0) is 19.6 Å². The highest BCUT2D eigenvalue weighted by Crippen LogP contribution is 2.23.